The van der Waals surface area contributed by atoms with Gasteiger partial charge in [0.2, 0.25) is 35.4 Å². The molecule has 0 aromatic heterocycles. The number of nitrogens with zero attached hydrogens (tertiary/aromatic N) is 6. The molecule has 13 rings (SSSR count). The Morgan fingerprint density at radius 1 is 0.233 bits per heavy atom. The van der Waals surface area contributed by atoms with Crippen molar-refractivity contribution < 1.29 is 98.3 Å². The maximum Gasteiger partial charge on any atom is 0.250 e. The third-order valence-corrected chi connectivity index (χ3v) is 27.0. The monoisotopic (exact) mass is 2050 g/mol. The Morgan fingerprint density at radius 2 is 0.447 bits per heavy atom. The number of aryl methyl sites for hydroxylation is 21. The van der Waals surface area contributed by atoms with Crippen LogP contribution in [0.15, 0.2) is 182 Å². The summed E-state index contributed by atoms with van der Waals surface area (Å²) in [6.45, 7) is 56.7. The van der Waals surface area contributed by atoms with E-state index in [-0.39, 0.29) is 87.9 Å². The summed E-state index contributed by atoms with van der Waals surface area (Å²) in [6.07, 6.45) is 4.43. The summed E-state index contributed by atoms with van der Waals surface area (Å²) in [5.41, 5.74) is 32.7. The Morgan fingerprint density at radius 3 is 0.707 bits per heavy atom. The molecule has 0 bridgehead atoms. The molecule has 1 aliphatic rings. The molecule has 0 heterocycles. The molecule has 1 fully saturated rings. The molecule has 0 atom stereocenters. The lowest BCUT2D eigenvalue weighted by atomic mass is 10.0. The minimum Gasteiger partial charge on any atom is -0.493 e. The second-order valence-corrected chi connectivity index (χ2v) is 38.1. The van der Waals surface area contributed by atoms with Gasteiger partial charge in [-0.25, -0.2) is 0 Å². The zero-order chi connectivity index (χ0) is 111. The van der Waals surface area contributed by atoms with Crippen LogP contribution in [0.1, 0.15) is 274 Å². The summed E-state index contributed by atoms with van der Waals surface area (Å²) in [5, 5.41) is 75.2. The maximum absolute atomic E-state index is 12.0. The molecule has 26 nitrogen and oxygen atoms in total. The third kappa shape index (κ3) is 32.4. The second-order valence-electron chi connectivity index (χ2n) is 38.1. The summed E-state index contributed by atoms with van der Waals surface area (Å²) >= 11 is 0. The number of carbonyl (C=O) groups is 6. The van der Waals surface area contributed by atoms with Crippen LogP contribution in [0.25, 0.3) is 0 Å². The van der Waals surface area contributed by atoms with Gasteiger partial charge in [0.15, 0.2) is 0 Å². The smallest absolute Gasteiger partial charge is 0.250 e. The van der Waals surface area contributed by atoms with Crippen LogP contribution in [0.2, 0.25) is 0 Å². The standard InChI is InChI=1S/C22H27NO3.C21H27NO4.C21H27NO3.C20H25NO4.2C20H25NO3/c1-5-22(24)23(25)20-8-6-7-18(17-9-10-17)19(20)13-26-21-12-15(3)14(2)11-16(21)4;1-6-21(23)22(24)18-9-8-10-19(25-7-2)17(18)13-26-20-12-15(4)14(3)11-16(20)5;1-6-17-9-8-10-19(22(24)21(23)7-2)18(17)13-25-20-12-15(4)14(3)11-16(20)5;1-5-20(23)21(24)18-8-6-7-16(11-22)17(18)12-25-19-10-14(3)13(2)9-15(19)4;2*1-6-20(22)21(23)18-9-7-8-13(2)17(18)12-24-19-11-15(4)14(3)10-16(19)5/h6-8,11-12,17,25H,5,9-10,13H2,1-4H3;8-12,24H,6-7,13H2,1-5H3;8-12,24H,6-7,13H2,1-5H3;6-10,22,24H,5,11-12H2,1-4H3;2*7-11,23H,6,12H2,1-5H3. The summed E-state index contributed by atoms with van der Waals surface area (Å²) in [4.78, 5) is 71.3. The predicted molar refractivity (Wildman–Crippen MR) is 594 cm³/mol. The fraction of sp³-hybridized carbons (Fsp3) is 0.371. The first-order valence-electron chi connectivity index (χ1n) is 51.5. The van der Waals surface area contributed by atoms with Crippen LogP contribution in [0.3, 0.4) is 0 Å². The molecule has 150 heavy (non-hydrogen) atoms. The van der Waals surface area contributed by atoms with Gasteiger partial charge in [-0.3, -0.25) is 60.0 Å². The molecule has 1 aliphatic carbocycles. The van der Waals surface area contributed by atoms with E-state index in [1.807, 2.05) is 169 Å². The van der Waals surface area contributed by atoms with E-state index in [0.717, 1.165) is 157 Å². The van der Waals surface area contributed by atoms with Crippen molar-refractivity contribution in [2.24, 2.45) is 0 Å². The third-order valence-electron chi connectivity index (χ3n) is 27.0. The number of anilines is 6. The van der Waals surface area contributed by atoms with Crippen molar-refractivity contribution in [3.63, 3.8) is 0 Å². The number of aliphatic hydroxyl groups is 1. The average Bonchev–Trinajstić information content (AvgIpc) is 1.63. The number of ether oxygens (including phenoxy) is 7. The summed E-state index contributed by atoms with van der Waals surface area (Å²) < 4.78 is 41.8. The molecular weight excluding hydrogens is 1890 g/mol. The highest BCUT2D eigenvalue weighted by Crippen LogP contribution is 2.45. The predicted octanol–water partition coefficient (Wildman–Crippen LogP) is 27.9. The number of aliphatic hydroxyl groups excluding tert-OH is 1. The fourth-order valence-electron chi connectivity index (χ4n) is 16.7. The number of hydroxylamine groups is 6. The topological polar surface area (TPSA) is 328 Å². The molecule has 26 heteroatoms. The van der Waals surface area contributed by atoms with Crippen LogP contribution in [-0.4, -0.2) is 78.4 Å². The van der Waals surface area contributed by atoms with Crippen molar-refractivity contribution in [2.45, 2.75) is 304 Å². The van der Waals surface area contributed by atoms with Gasteiger partial charge >= 0.3 is 0 Å². The van der Waals surface area contributed by atoms with E-state index in [0.29, 0.717) is 106 Å². The first-order valence-corrected chi connectivity index (χ1v) is 51.5. The van der Waals surface area contributed by atoms with Gasteiger partial charge in [0.1, 0.15) is 79.9 Å². The van der Waals surface area contributed by atoms with Gasteiger partial charge in [-0.2, -0.15) is 30.4 Å². The molecule has 12 aromatic rings. The molecule has 0 radical (unpaired) electrons. The van der Waals surface area contributed by atoms with E-state index in [9.17, 15) is 65.1 Å². The molecule has 6 amide bonds. The van der Waals surface area contributed by atoms with E-state index < -0.39 is 5.91 Å². The van der Waals surface area contributed by atoms with Crippen LogP contribution >= 0.6 is 0 Å². The number of amides is 6. The maximum atomic E-state index is 12.0. The summed E-state index contributed by atoms with van der Waals surface area (Å²) in [5.74, 6) is 3.77. The number of carbonyl (C=O) groups excluding carboxylic acids is 6. The van der Waals surface area contributed by atoms with Crippen LogP contribution < -0.4 is 63.5 Å². The van der Waals surface area contributed by atoms with Gasteiger partial charge in [0.05, 0.1) is 52.9 Å². The van der Waals surface area contributed by atoms with Crippen LogP contribution in [0.4, 0.5) is 34.1 Å². The Labute approximate surface area is 887 Å². The van der Waals surface area contributed by atoms with E-state index in [1.54, 1.807) is 96.1 Å². The Hall–Kier alpha value is -14.2. The highest BCUT2D eigenvalue weighted by atomic mass is 16.5. The zero-order valence-electron chi connectivity index (χ0n) is 93.0. The first kappa shape index (κ1) is 121. The van der Waals surface area contributed by atoms with Crippen molar-refractivity contribution in [2.75, 3.05) is 37.0 Å². The van der Waals surface area contributed by atoms with E-state index in [4.69, 9.17) is 33.2 Å². The lowest BCUT2D eigenvalue weighted by Gasteiger charge is -2.21. The SMILES string of the molecule is CCC(=O)N(O)c1cccc(C)c1COc1cc(C)c(C)cc1C.CCC(=O)N(O)c1cccc(C)c1COc1cc(C)c(C)cc1C.CCC(=O)N(O)c1cccc(C2CC2)c1COc1cc(C)c(C)cc1C.CCC(=O)N(O)c1cccc(CC)c1COc1cc(C)c(C)cc1C.CCC(=O)N(O)c1cccc(CO)c1COc1cc(C)c(C)cc1C.CCOc1cccc(N(O)C(=O)CC)c1COc1cc(C)c(C)cc1C. The van der Waals surface area contributed by atoms with Gasteiger partial charge in [-0.15, -0.1) is 0 Å². The van der Waals surface area contributed by atoms with Crippen molar-refractivity contribution in [1.82, 2.24) is 0 Å². The molecule has 12 aromatic carbocycles. The van der Waals surface area contributed by atoms with Crippen LogP contribution in [0, 0.1) is 138 Å². The highest BCUT2D eigenvalue weighted by molar-refractivity contribution is 5.95. The lowest BCUT2D eigenvalue weighted by molar-refractivity contribution is -0.124. The molecule has 0 saturated heterocycles. The number of rotatable bonds is 35. The average molecular weight is 2050 g/mol. The summed E-state index contributed by atoms with van der Waals surface area (Å²) in [6, 6.07) is 57.4. The fourth-order valence-corrected chi connectivity index (χ4v) is 16.7. The van der Waals surface area contributed by atoms with Crippen molar-refractivity contribution in [3.8, 4) is 40.2 Å². The highest BCUT2D eigenvalue weighted by Gasteiger charge is 2.31. The number of hydrogen-bond donors (Lipinski definition) is 7. The molecular formula is C124H156N6O20. The minimum absolute atomic E-state index is 0.142. The first-order chi connectivity index (χ1) is 71.3. The largest absolute Gasteiger partial charge is 0.493 e. The van der Waals surface area contributed by atoms with Crippen molar-refractivity contribution in [1.29, 1.82) is 0 Å². The van der Waals surface area contributed by atoms with Crippen LogP contribution in [-0.2, 0) is 81.4 Å². The van der Waals surface area contributed by atoms with E-state index >= 15 is 0 Å². The Balaban J connectivity index is 0.000000219. The zero-order valence-corrected chi connectivity index (χ0v) is 93.0. The lowest BCUT2D eigenvalue weighted by Crippen LogP contribution is -2.27. The van der Waals surface area contributed by atoms with Gasteiger partial charge in [0.25, 0.3) is 0 Å². The molecule has 0 unspecified atom stereocenters. The van der Waals surface area contributed by atoms with Gasteiger partial charge in [-0.05, 0) is 377 Å². The van der Waals surface area contributed by atoms with E-state index in [2.05, 4.69) is 111 Å². The Bertz CT molecular complexity index is 6440. The second kappa shape index (κ2) is 57.5. The minimum atomic E-state index is -0.418. The molecule has 802 valence electrons. The van der Waals surface area contributed by atoms with Gasteiger partial charge < -0.3 is 38.3 Å². The van der Waals surface area contributed by atoms with E-state index in [1.165, 1.54) is 61.2 Å². The summed E-state index contributed by atoms with van der Waals surface area (Å²) in [7, 11) is 0. The Kier molecular flexibility index (Phi) is 46.4. The van der Waals surface area contributed by atoms with Crippen molar-refractivity contribution >= 4 is 69.6 Å². The quantitative estimate of drug-likeness (QED) is 0.0143. The van der Waals surface area contributed by atoms with Crippen molar-refractivity contribution in [3.05, 3.63) is 343 Å². The van der Waals surface area contributed by atoms with Crippen LogP contribution in [0.5, 0.6) is 40.2 Å². The molecule has 0 aliphatic heterocycles. The molecule has 7 N–H and O–H groups in total. The number of benzene rings is 12. The normalized spacial score (nSPS) is 11.1. The molecule has 1 saturated carbocycles. The van der Waals surface area contributed by atoms with Gasteiger partial charge in [-0.1, -0.05) is 152 Å². The number of hydrogen-bond acceptors (Lipinski definition) is 20. The van der Waals surface area contributed by atoms with Gasteiger partial charge in [0, 0.05) is 66.3 Å². The molecule has 0 spiro atoms.